The highest BCUT2D eigenvalue weighted by Crippen LogP contribution is 2.28. The lowest BCUT2D eigenvalue weighted by Crippen LogP contribution is -2.52. The summed E-state index contributed by atoms with van der Waals surface area (Å²) in [6.07, 6.45) is 5.27. The van der Waals surface area contributed by atoms with Crippen LogP contribution in [0.15, 0.2) is 18.2 Å². The zero-order valence-corrected chi connectivity index (χ0v) is 13.4. The van der Waals surface area contributed by atoms with Gasteiger partial charge in [-0.05, 0) is 36.5 Å². The molecule has 0 aromatic heterocycles. The van der Waals surface area contributed by atoms with Gasteiger partial charge >= 0.3 is 0 Å². The van der Waals surface area contributed by atoms with Gasteiger partial charge in [-0.3, -0.25) is 19.7 Å². The maximum absolute atomic E-state index is 12.6. The summed E-state index contributed by atoms with van der Waals surface area (Å²) in [6, 6.07) is 5.45. The second-order valence-corrected chi connectivity index (χ2v) is 6.35. The monoisotopic (exact) mass is 314 g/mol. The van der Waals surface area contributed by atoms with E-state index in [0.717, 1.165) is 18.4 Å². The topological polar surface area (TPSA) is 66.5 Å². The summed E-state index contributed by atoms with van der Waals surface area (Å²) in [6.45, 7) is 2.64. The summed E-state index contributed by atoms with van der Waals surface area (Å²) >= 11 is 0. The lowest BCUT2D eigenvalue weighted by molar-refractivity contribution is -0.136. The molecule has 122 valence electrons. The molecule has 1 saturated heterocycles. The number of carbonyl (C=O) groups excluding carboxylic acids is 3. The number of amides is 3. The number of hydrogen-bond donors (Lipinski definition) is 1. The highest BCUT2D eigenvalue weighted by atomic mass is 16.2. The standard InChI is InChI=1S/C18H22N2O3/c1-2-3-4-5-12-6-7-14-13(10-12)11-20(18(14)23)15-8-9-16(21)19-17(15)22/h6-7,10,15H,2-5,8-9,11H2,1H3,(H,19,21,22). The van der Waals surface area contributed by atoms with Crippen LogP contribution in [0.25, 0.3) is 0 Å². The largest absolute Gasteiger partial charge is 0.322 e. The van der Waals surface area contributed by atoms with Crippen molar-refractivity contribution in [2.24, 2.45) is 0 Å². The molecule has 1 fully saturated rings. The van der Waals surface area contributed by atoms with Crippen molar-refractivity contribution in [3.05, 3.63) is 34.9 Å². The predicted molar refractivity (Wildman–Crippen MR) is 85.7 cm³/mol. The van der Waals surface area contributed by atoms with Crippen LogP contribution in [0.5, 0.6) is 0 Å². The highest BCUT2D eigenvalue weighted by molar-refractivity contribution is 6.05. The Bertz CT molecular complexity index is 654. The molecular formula is C18H22N2O3. The van der Waals surface area contributed by atoms with E-state index in [-0.39, 0.29) is 17.7 Å². The predicted octanol–water partition coefficient (Wildman–Crippen LogP) is 2.18. The summed E-state index contributed by atoms with van der Waals surface area (Å²) in [7, 11) is 0. The minimum absolute atomic E-state index is 0.102. The van der Waals surface area contributed by atoms with Gasteiger partial charge in [0.2, 0.25) is 11.8 Å². The molecule has 3 rings (SSSR count). The molecule has 1 unspecified atom stereocenters. The van der Waals surface area contributed by atoms with E-state index in [1.165, 1.54) is 18.4 Å². The Morgan fingerprint density at radius 3 is 2.78 bits per heavy atom. The zero-order valence-electron chi connectivity index (χ0n) is 13.4. The molecule has 1 N–H and O–H groups in total. The first-order chi connectivity index (χ1) is 11.1. The Labute approximate surface area is 136 Å². The van der Waals surface area contributed by atoms with Crippen LogP contribution in [0.2, 0.25) is 0 Å². The van der Waals surface area contributed by atoms with Gasteiger partial charge in [0.15, 0.2) is 0 Å². The quantitative estimate of drug-likeness (QED) is 0.669. The van der Waals surface area contributed by atoms with Gasteiger partial charge in [0.05, 0.1) is 0 Å². The molecule has 0 aliphatic carbocycles. The fraction of sp³-hybridized carbons (Fsp3) is 0.500. The number of aryl methyl sites for hydroxylation is 1. The minimum Gasteiger partial charge on any atom is -0.322 e. The normalized spacial score (nSPS) is 20.7. The van der Waals surface area contributed by atoms with Crippen LogP contribution in [0.1, 0.15) is 60.5 Å². The summed E-state index contributed by atoms with van der Waals surface area (Å²) in [5, 5.41) is 2.33. The zero-order chi connectivity index (χ0) is 16.4. The molecule has 3 amide bonds. The summed E-state index contributed by atoms with van der Waals surface area (Å²) in [5.41, 5.74) is 2.93. The Morgan fingerprint density at radius 2 is 2.04 bits per heavy atom. The van der Waals surface area contributed by atoms with Gasteiger partial charge in [0.1, 0.15) is 6.04 Å². The SMILES string of the molecule is CCCCCc1ccc2c(c1)CN(C1CCC(=O)NC1=O)C2=O. The third kappa shape index (κ3) is 3.14. The highest BCUT2D eigenvalue weighted by Gasteiger charge is 2.38. The molecule has 2 aliphatic heterocycles. The first kappa shape index (κ1) is 15.7. The van der Waals surface area contributed by atoms with Gasteiger partial charge < -0.3 is 4.90 Å². The number of piperidine rings is 1. The fourth-order valence-corrected chi connectivity index (χ4v) is 3.36. The van der Waals surface area contributed by atoms with Crippen LogP contribution in [0.4, 0.5) is 0 Å². The van der Waals surface area contributed by atoms with Crippen molar-refractivity contribution in [3.8, 4) is 0 Å². The molecule has 1 aromatic rings. The summed E-state index contributed by atoms with van der Waals surface area (Å²) in [4.78, 5) is 37.4. The second kappa shape index (κ2) is 6.52. The Kier molecular flexibility index (Phi) is 4.46. The van der Waals surface area contributed by atoms with E-state index in [2.05, 4.69) is 18.3 Å². The lowest BCUT2D eigenvalue weighted by atomic mass is 10.0. The molecule has 1 aromatic carbocycles. The molecular weight excluding hydrogens is 292 g/mol. The smallest absolute Gasteiger partial charge is 0.255 e. The number of hydrogen-bond acceptors (Lipinski definition) is 3. The van der Waals surface area contributed by atoms with Crippen molar-refractivity contribution < 1.29 is 14.4 Å². The van der Waals surface area contributed by atoms with Crippen molar-refractivity contribution in [1.82, 2.24) is 10.2 Å². The number of nitrogens with zero attached hydrogens (tertiary/aromatic N) is 1. The summed E-state index contributed by atoms with van der Waals surface area (Å²) < 4.78 is 0. The van der Waals surface area contributed by atoms with Crippen LogP contribution >= 0.6 is 0 Å². The van der Waals surface area contributed by atoms with Gasteiger partial charge in [0.25, 0.3) is 5.91 Å². The first-order valence-corrected chi connectivity index (χ1v) is 8.36. The molecule has 5 heteroatoms. The molecule has 5 nitrogen and oxygen atoms in total. The van der Waals surface area contributed by atoms with E-state index in [9.17, 15) is 14.4 Å². The van der Waals surface area contributed by atoms with Crippen LogP contribution in [-0.2, 0) is 22.6 Å². The van der Waals surface area contributed by atoms with E-state index in [1.807, 2.05) is 12.1 Å². The molecule has 0 radical (unpaired) electrons. The molecule has 23 heavy (non-hydrogen) atoms. The van der Waals surface area contributed by atoms with E-state index in [4.69, 9.17) is 0 Å². The lowest BCUT2D eigenvalue weighted by Gasteiger charge is -2.29. The Hall–Kier alpha value is -2.17. The van der Waals surface area contributed by atoms with Crippen molar-refractivity contribution in [3.63, 3.8) is 0 Å². The molecule has 0 bridgehead atoms. The fourth-order valence-electron chi connectivity index (χ4n) is 3.36. The first-order valence-electron chi connectivity index (χ1n) is 8.36. The van der Waals surface area contributed by atoms with Gasteiger partial charge in [-0.1, -0.05) is 31.9 Å². The third-order valence-corrected chi connectivity index (χ3v) is 4.66. The maximum atomic E-state index is 12.6. The third-order valence-electron chi connectivity index (χ3n) is 4.66. The maximum Gasteiger partial charge on any atom is 0.255 e. The van der Waals surface area contributed by atoms with Crippen molar-refractivity contribution in [1.29, 1.82) is 0 Å². The van der Waals surface area contributed by atoms with Gasteiger partial charge in [-0.25, -0.2) is 0 Å². The van der Waals surface area contributed by atoms with Crippen molar-refractivity contribution in [2.45, 2.75) is 58.0 Å². The molecule has 0 spiro atoms. The number of imide groups is 1. The van der Waals surface area contributed by atoms with Gasteiger partial charge in [-0.2, -0.15) is 0 Å². The number of unbranched alkanes of at least 4 members (excludes halogenated alkanes) is 2. The van der Waals surface area contributed by atoms with Gasteiger partial charge in [0, 0.05) is 18.5 Å². The second-order valence-electron chi connectivity index (χ2n) is 6.35. The van der Waals surface area contributed by atoms with Crippen molar-refractivity contribution >= 4 is 17.7 Å². The Morgan fingerprint density at radius 1 is 1.22 bits per heavy atom. The van der Waals surface area contributed by atoms with Crippen LogP contribution < -0.4 is 5.32 Å². The number of rotatable bonds is 5. The van der Waals surface area contributed by atoms with E-state index in [1.54, 1.807) is 4.90 Å². The average Bonchev–Trinajstić information content (AvgIpc) is 2.84. The van der Waals surface area contributed by atoms with E-state index < -0.39 is 6.04 Å². The van der Waals surface area contributed by atoms with Crippen LogP contribution in [-0.4, -0.2) is 28.7 Å². The van der Waals surface area contributed by atoms with Crippen LogP contribution in [0.3, 0.4) is 0 Å². The molecule has 0 saturated carbocycles. The van der Waals surface area contributed by atoms with E-state index in [0.29, 0.717) is 24.9 Å². The van der Waals surface area contributed by atoms with E-state index >= 15 is 0 Å². The molecule has 1 atom stereocenters. The number of fused-ring (bicyclic) bond motifs is 1. The Balaban J connectivity index is 1.73. The minimum atomic E-state index is -0.531. The van der Waals surface area contributed by atoms with Crippen LogP contribution in [0, 0.1) is 0 Å². The molecule has 2 aliphatic rings. The van der Waals surface area contributed by atoms with Gasteiger partial charge in [-0.15, -0.1) is 0 Å². The number of carbonyl (C=O) groups is 3. The summed E-state index contributed by atoms with van der Waals surface area (Å²) in [5.74, 6) is -0.714. The number of nitrogens with one attached hydrogen (secondary N) is 1. The van der Waals surface area contributed by atoms with Crippen molar-refractivity contribution in [2.75, 3.05) is 0 Å². The molecule has 2 heterocycles. The number of benzene rings is 1. The average molecular weight is 314 g/mol.